The number of aliphatic hydroxyl groups excluding tert-OH is 1. The number of ether oxygens (including phenoxy) is 2. The molecule has 0 bridgehead atoms. The molecule has 0 radical (unpaired) electrons. The van der Waals surface area contributed by atoms with E-state index < -0.39 is 0 Å². The molecule has 0 saturated carbocycles. The molecule has 4 nitrogen and oxygen atoms in total. The number of aliphatic hydroxyl groups is 1. The summed E-state index contributed by atoms with van der Waals surface area (Å²) in [5, 5.41) is 13.8. The molecule has 0 aliphatic carbocycles. The SMILES string of the molecule is CC1CN(CC2(CO)COC2)CC(c2ccsc2)O1. The molecular formula is C14H21NO3S. The Hall–Kier alpha value is -0.460. The molecule has 2 atom stereocenters. The van der Waals surface area contributed by atoms with E-state index in [0.29, 0.717) is 13.2 Å². The first-order chi connectivity index (χ1) is 9.21. The molecular weight excluding hydrogens is 262 g/mol. The van der Waals surface area contributed by atoms with Gasteiger partial charge in [-0.15, -0.1) is 0 Å². The lowest BCUT2D eigenvalue weighted by molar-refractivity contribution is -0.165. The fourth-order valence-corrected chi connectivity index (χ4v) is 3.61. The molecule has 1 aromatic rings. The third-order valence-electron chi connectivity index (χ3n) is 3.96. The maximum absolute atomic E-state index is 9.55. The summed E-state index contributed by atoms with van der Waals surface area (Å²) in [6, 6.07) is 2.14. The normalized spacial score (nSPS) is 31.1. The summed E-state index contributed by atoms with van der Waals surface area (Å²) in [6.45, 7) is 6.43. The quantitative estimate of drug-likeness (QED) is 0.910. The van der Waals surface area contributed by atoms with Crippen molar-refractivity contribution < 1.29 is 14.6 Å². The second-order valence-electron chi connectivity index (χ2n) is 5.84. The van der Waals surface area contributed by atoms with Crippen LogP contribution in [0.4, 0.5) is 0 Å². The average Bonchev–Trinajstić information content (AvgIpc) is 2.87. The van der Waals surface area contributed by atoms with E-state index in [2.05, 4.69) is 28.7 Å². The molecule has 2 aliphatic heterocycles. The van der Waals surface area contributed by atoms with Crippen molar-refractivity contribution in [1.29, 1.82) is 0 Å². The van der Waals surface area contributed by atoms with Crippen molar-refractivity contribution in [1.82, 2.24) is 4.90 Å². The fraction of sp³-hybridized carbons (Fsp3) is 0.714. The Bertz CT molecular complexity index is 399. The number of hydrogen-bond donors (Lipinski definition) is 1. The van der Waals surface area contributed by atoms with E-state index in [4.69, 9.17) is 9.47 Å². The summed E-state index contributed by atoms with van der Waals surface area (Å²) in [6.07, 6.45) is 0.391. The highest BCUT2D eigenvalue weighted by Gasteiger charge is 2.41. The average molecular weight is 283 g/mol. The van der Waals surface area contributed by atoms with Crippen molar-refractivity contribution >= 4 is 11.3 Å². The van der Waals surface area contributed by atoms with Gasteiger partial charge in [0, 0.05) is 19.6 Å². The lowest BCUT2D eigenvalue weighted by Gasteiger charge is -2.46. The molecule has 3 rings (SSSR count). The number of morpholine rings is 1. The smallest absolute Gasteiger partial charge is 0.0964 e. The predicted octanol–water partition coefficient (Wildman–Crippen LogP) is 1.52. The lowest BCUT2D eigenvalue weighted by atomic mass is 9.86. The Morgan fingerprint density at radius 3 is 2.89 bits per heavy atom. The van der Waals surface area contributed by atoms with Crippen LogP contribution in [0.5, 0.6) is 0 Å². The number of rotatable bonds is 4. The molecule has 2 aliphatic rings. The number of nitrogens with zero attached hydrogens (tertiary/aromatic N) is 1. The predicted molar refractivity (Wildman–Crippen MR) is 74.4 cm³/mol. The van der Waals surface area contributed by atoms with Gasteiger partial charge in [-0.2, -0.15) is 11.3 Å². The molecule has 1 aromatic heterocycles. The van der Waals surface area contributed by atoms with Crippen LogP contribution in [0.25, 0.3) is 0 Å². The van der Waals surface area contributed by atoms with Gasteiger partial charge in [-0.1, -0.05) is 0 Å². The van der Waals surface area contributed by atoms with Crippen LogP contribution in [0.2, 0.25) is 0 Å². The summed E-state index contributed by atoms with van der Waals surface area (Å²) in [5.41, 5.74) is 1.22. The van der Waals surface area contributed by atoms with Gasteiger partial charge in [-0.25, -0.2) is 0 Å². The molecule has 5 heteroatoms. The fourth-order valence-electron chi connectivity index (χ4n) is 2.91. The first-order valence-corrected chi connectivity index (χ1v) is 7.74. The van der Waals surface area contributed by atoms with E-state index in [0.717, 1.165) is 19.6 Å². The summed E-state index contributed by atoms with van der Waals surface area (Å²) >= 11 is 1.71. The zero-order chi connectivity index (χ0) is 13.3. The Balaban J connectivity index is 1.65. The van der Waals surface area contributed by atoms with Crippen LogP contribution in [0.1, 0.15) is 18.6 Å². The minimum Gasteiger partial charge on any atom is -0.396 e. The molecule has 0 spiro atoms. The third-order valence-corrected chi connectivity index (χ3v) is 4.66. The number of thiophene rings is 1. The highest BCUT2D eigenvalue weighted by molar-refractivity contribution is 7.07. The highest BCUT2D eigenvalue weighted by Crippen LogP contribution is 2.32. The minimum atomic E-state index is -0.0454. The standard InChI is InChI=1S/C14H21NO3S/c1-11-4-15(7-14(8-16)9-17-10-14)5-13(18-11)12-2-3-19-6-12/h2-3,6,11,13,16H,4-5,7-10H2,1H3. The second kappa shape index (κ2) is 5.50. The molecule has 1 N–H and O–H groups in total. The van der Waals surface area contributed by atoms with Crippen LogP contribution >= 0.6 is 11.3 Å². The zero-order valence-electron chi connectivity index (χ0n) is 11.2. The molecule has 106 valence electrons. The first kappa shape index (κ1) is 13.5. The van der Waals surface area contributed by atoms with Gasteiger partial charge in [0.05, 0.1) is 37.4 Å². The third kappa shape index (κ3) is 2.85. The minimum absolute atomic E-state index is 0.0454. The van der Waals surface area contributed by atoms with Crippen LogP contribution in [0, 0.1) is 5.41 Å². The van der Waals surface area contributed by atoms with Crippen LogP contribution in [0.3, 0.4) is 0 Å². The van der Waals surface area contributed by atoms with Gasteiger partial charge in [-0.05, 0) is 29.3 Å². The Morgan fingerprint density at radius 2 is 2.32 bits per heavy atom. The summed E-state index contributed by atoms with van der Waals surface area (Å²) in [5.74, 6) is 0. The van der Waals surface area contributed by atoms with Gasteiger partial charge in [0.2, 0.25) is 0 Å². The van der Waals surface area contributed by atoms with Crippen molar-refractivity contribution in [2.45, 2.75) is 19.1 Å². The maximum Gasteiger partial charge on any atom is 0.0964 e. The molecule has 2 fully saturated rings. The number of hydrogen-bond acceptors (Lipinski definition) is 5. The molecule has 2 unspecified atom stereocenters. The van der Waals surface area contributed by atoms with Crippen LogP contribution in [0.15, 0.2) is 16.8 Å². The van der Waals surface area contributed by atoms with Crippen molar-refractivity contribution in [3.63, 3.8) is 0 Å². The van der Waals surface area contributed by atoms with Gasteiger partial charge in [-0.3, -0.25) is 4.90 Å². The van der Waals surface area contributed by atoms with Gasteiger partial charge >= 0.3 is 0 Å². The first-order valence-electron chi connectivity index (χ1n) is 6.79. The van der Waals surface area contributed by atoms with Gasteiger partial charge < -0.3 is 14.6 Å². The van der Waals surface area contributed by atoms with E-state index in [-0.39, 0.29) is 24.2 Å². The molecule has 3 heterocycles. The van der Waals surface area contributed by atoms with Crippen LogP contribution < -0.4 is 0 Å². The van der Waals surface area contributed by atoms with E-state index >= 15 is 0 Å². The maximum atomic E-state index is 9.55. The molecule has 2 saturated heterocycles. The Labute approximate surface area is 117 Å². The van der Waals surface area contributed by atoms with Crippen LogP contribution in [-0.4, -0.2) is 55.6 Å². The van der Waals surface area contributed by atoms with E-state index in [1.165, 1.54) is 5.56 Å². The van der Waals surface area contributed by atoms with Crippen LogP contribution in [-0.2, 0) is 9.47 Å². The van der Waals surface area contributed by atoms with Crippen molar-refractivity contribution in [2.75, 3.05) is 39.5 Å². The molecule has 19 heavy (non-hydrogen) atoms. The summed E-state index contributed by atoms with van der Waals surface area (Å²) in [7, 11) is 0. The summed E-state index contributed by atoms with van der Waals surface area (Å²) in [4.78, 5) is 2.41. The van der Waals surface area contributed by atoms with E-state index in [1.54, 1.807) is 11.3 Å². The second-order valence-corrected chi connectivity index (χ2v) is 6.62. The molecule has 0 aromatic carbocycles. The van der Waals surface area contributed by atoms with E-state index in [9.17, 15) is 5.11 Å². The van der Waals surface area contributed by atoms with Crippen molar-refractivity contribution in [3.05, 3.63) is 22.4 Å². The lowest BCUT2D eigenvalue weighted by Crippen LogP contribution is -2.56. The Kier molecular flexibility index (Phi) is 3.91. The zero-order valence-corrected chi connectivity index (χ0v) is 12.1. The van der Waals surface area contributed by atoms with Gasteiger partial charge in [0.15, 0.2) is 0 Å². The van der Waals surface area contributed by atoms with Gasteiger partial charge in [0.25, 0.3) is 0 Å². The van der Waals surface area contributed by atoms with Crippen molar-refractivity contribution in [2.24, 2.45) is 5.41 Å². The summed E-state index contributed by atoms with van der Waals surface area (Å²) < 4.78 is 11.3. The monoisotopic (exact) mass is 283 g/mol. The largest absolute Gasteiger partial charge is 0.396 e. The van der Waals surface area contributed by atoms with Crippen molar-refractivity contribution in [3.8, 4) is 0 Å². The highest BCUT2D eigenvalue weighted by atomic mass is 32.1. The van der Waals surface area contributed by atoms with Gasteiger partial charge in [0.1, 0.15) is 0 Å². The van der Waals surface area contributed by atoms with E-state index in [1.807, 2.05) is 0 Å². The Morgan fingerprint density at radius 1 is 1.47 bits per heavy atom. The molecule has 0 amide bonds. The topological polar surface area (TPSA) is 41.9 Å².